The van der Waals surface area contributed by atoms with Crippen LogP contribution in [0.3, 0.4) is 0 Å². The molecule has 0 radical (unpaired) electrons. The quantitative estimate of drug-likeness (QED) is 0.791. The lowest BCUT2D eigenvalue weighted by Crippen LogP contribution is -2.32. The van der Waals surface area contributed by atoms with Gasteiger partial charge in [-0.15, -0.1) is 0 Å². The zero-order valence-electron chi connectivity index (χ0n) is 9.60. The summed E-state index contributed by atoms with van der Waals surface area (Å²) in [6, 6.07) is 6.87. The van der Waals surface area contributed by atoms with Crippen molar-refractivity contribution in [3.05, 3.63) is 34.3 Å². The van der Waals surface area contributed by atoms with Crippen molar-refractivity contribution >= 4 is 31.7 Å². The highest BCUT2D eigenvalue weighted by atomic mass is 79.9. The molecule has 7 heteroatoms. The molecule has 1 amide bonds. The van der Waals surface area contributed by atoms with E-state index in [1.807, 2.05) is 0 Å². The van der Waals surface area contributed by atoms with Gasteiger partial charge in [0.25, 0.3) is 0 Å². The Labute approximate surface area is 114 Å². The molecule has 18 heavy (non-hydrogen) atoms. The molecular formula is C11H14BrNO4S. The summed E-state index contributed by atoms with van der Waals surface area (Å²) in [6.45, 7) is -0.148. The Morgan fingerprint density at radius 3 is 2.44 bits per heavy atom. The SMILES string of the molecule is O=C(CS(=O)(=O)Cc1ccc(Br)cc1)NCCO. The minimum Gasteiger partial charge on any atom is -0.395 e. The van der Waals surface area contributed by atoms with E-state index in [4.69, 9.17) is 5.11 Å². The van der Waals surface area contributed by atoms with Gasteiger partial charge in [-0.3, -0.25) is 4.79 Å². The number of carbonyl (C=O) groups excluding carboxylic acids is 1. The predicted molar refractivity (Wildman–Crippen MR) is 71.7 cm³/mol. The Morgan fingerprint density at radius 1 is 1.28 bits per heavy atom. The Morgan fingerprint density at radius 2 is 1.89 bits per heavy atom. The molecule has 0 fully saturated rings. The zero-order chi connectivity index (χ0) is 13.6. The van der Waals surface area contributed by atoms with Gasteiger partial charge in [-0.2, -0.15) is 0 Å². The molecule has 0 aliphatic heterocycles. The van der Waals surface area contributed by atoms with Crippen molar-refractivity contribution in [3.63, 3.8) is 0 Å². The minimum atomic E-state index is -3.49. The monoisotopic (exact) mass is 335 g/mol. The van der Waals surface area contributed by atoms with Gasteiger partial charge in [-0.1, -0.05) is 28.1 Å². The molecule has 0 heterocycles. The molecule has 2 N–H and O–H groups in total. The van der Waals surface area contributed by atoms with Crippen LogP contribution in [0.25, 0.3) is 0 Å². The highest BCUT2D eigenvalue weighted by Crippen LogP contribution is 2.13. The first kappa shape index (κ1) is 15.1. The van der Waals surface area contributed by atoms with Crippen LogP contribution < -0.4 is 5.32 Å². The lowest BCUT2D eigenvalue weighted by atomic mass is 10.2. The Bertz CT molecular complexity index is 498. The summed E-state index contributed by atoms with van der Waals surface area (Å²) in [5, 5.41) is 10.8. The fraction of sp³-hybridized carbons (Fsp3) is 0.364. The number of aliphatic hydroxyl groups excluding tert-OH is 1. The molecule has 1 aromatic rings. The van der Waals surface area contributed by atoms with Crippen LogP contribution in [0.15, 0.2) is 28.7 Å². The summed E-state index contributed by atoms with van der Waals surface area (Å²) < 4.78 is 24.3. The number of amides is 1. The van der Waals surface area contributed by atoms with E-state index >= 15 is 0 Å². The van der Waals surface area contributed by atoms with Crippen LogP contribution in [0.1, 0.15) is 5.56 Å². The van der Waals surface area contributed by atoms with Gasteiger partial charge < -0.3 is 10.4 Å². The van der Waals surface area contributed by atoms with Crippen molar-refractivity contribution in [2.75, 3.05) is 18.9 Å². The third-order valence-electron chi connectivity index (χ3n) is 2.08. The Balaban J connectivity index is 2.59. The normalized spacial score (nSPS) is 11.2. The molecule has 1 aromatic carbocycles. The Hall–Kier alpha value is -0.920. The van der Waals surface area contributed by atoms with Crippen molar-refractivity contribution in [3.8, 4) is 0 Å². The van der Waals surface area contributed by atoms with Crippen LogP contribution in [0.2, 0.25) is 0 Å². The van der Waals surface area contributed by atoms with E-state index in [0.717, 1.165) is 4.47 Å². The van der Waals surface area contributed by atoms with Crippen LogP contribution in [-0.2, 0) is 20.4 Å². The van der Waals surface area contributed by atoms with Crippen molar-refractivity contribution in [1.29, 1.82) is 0 Å². The molecule has 100 valence electrons. The van der Waals surface area contributed by atoms with E-state index in [1.165, 1.54) is 0 Å². The lowest BCUT2D eigenvalue weighted by molar-refractivity contribution is -0.118. The third kappa shape index (κ3) is 5.61. The van der Waals surface area contributed by atoms with E-state index in [-0.39, 0.29) is 18.9 Å². The predicted octanol–water partition coefficient (Wildman–Crippen LogP) is 0.472. The van der Waals surface area contributed by atoms with Gasteiger partial charge in [-0.25, -0.2) is 8.42 Å². The maximum absolute atomic E-state index is 11.7. The maximum atomic E-state index is 11.7. The summed E-state index contributed by atoms with van der Waals surface area (Å²) in [4.78, 5) is 11.3. The molecule has 0 bridgehead atoms. The molecule has 0 atom stereocenters. The van der Waals surface area contributed by atoms with Gasteiger partial charge in [0.2, 0.25) is 5.91 Å². The number of carbonyl (C=O) groups is 1. The molecule has 0 unspecified atom stereocenters. The standard InChI is InChI=1S/C11H14BrNO4S/c12-10-3-1-9(2-4-10)7-18(16,17)8-11(15)13-5-6-14/h1-4,14H,5-8H2,(H,13,15). The van der Waals surface area contributed by atoms with Crippen LogP contribution in [-0.4, -0.2) is 38.3 Å². The molecular weight excluding hydrogens is 322 g/mol. The number of hydrogen-bond acceptors (Lipinski definition) is 4. The number of sulfone groups is 1. The van der Waals surface area contributed by atoms with Gasteiger partial charge in [0.1, 0.15) is 5.75 Å². The second kappa shape index (κ2) is 6.86. The highest BCUT2D eigenvalue weighted by Gasteiger charge is 2.16. The van der Waals surface area contributed by atoms with Gasteiger partial charge in [0.05, 0.1) is 12.4 Å². The van der Waals surface area contributed by atoms with Gasteiger partial charge >= 0.3 is 0 Å². The molecule has 5 nitrogen and oxygen atoms in total. The van der Waals surface area contributed by atoms with Crippen LogP contribution in [0, 0.1) is 0 Å². The van der Waals surface area contributed by atoms with Gasteiger partial charge in [0, 0.05) is 11.0 Å². The number of hydrogen-bond donors (Lipinski definition) is 2. The number of rotatable bonds is 6. The van der Waals surface area contributed by atoms with Crippen LogP contribution in [0.5, 0.6) is 0 Å². The van der Waals surface area contributed by atoms with Crippen LogP contribution in [0.4, 0.5) is 0 Å². The smallest absolute Gasteiger partial charge is 0.235 e. The van der Waals surface area contributed by atoms with Gasteiger partial charge in [-0.05, 0) is 17.7 Å². The molecule has 0 spiro atoms. The summed E-state index contributed by atoms with van der Waals surface area (Å²) >= 11 is 3.26. The first-order chi connectivity index (χ1) is 8.43. The Kier molecular flexibility index (Phi) is 5.77. The maximum Gasteiger partial charge on any atom is 0.235 e. The summed E-state index contributed by atoms with van der Waals surface area (Å²) in [5.41, 5.74) is 0.633. The molecule has 0 aromatic heterocycles. The van der Waals surface area contributed by atoms with Crippen molar-refractivity contribution in [2.45, 2.75) is 5.75 Å². The molecule has 0 saturated heterocycles. The summed E-state index contributed by atoms with van der Waals surface area (Å²) in [5.74, 6) is -1.34. The third-order valence-corrected chi connectivity index (χ3v) is 4.09. The fourth-order valence-electron chi connectivity index (χ4n) is 1.33. The highest BCUT2D eigenvalue weighted by molar-refractivity contribution is 9.10. The number of aliphatic hydroxyl groups is 1. The summed E-state index contributed by atoms with van der Waals surface area (Å²) in [7, 11) is -3.49. The molecule has 0 aliphatic rings. The van der Waals surface area contributed by atoms with Crippen LogP contribution >= 0.6 is 15.9 Å². The largest absolute Gasteiger partial charge is 0.395 e. The molecule has 0 aliphatic carbocycles. The number of nitrogens with one attached hydrogen (secondary N) is 1. The van der Waals surface area contributed by atoms with E-state index in [0.29, 0.717) is 5.56 Å². The number of benzene rings is 1. The average Bonchev–Trinajstić information content (AvgIpc) is 2.28. The van der Waals surface area contributed by atoms with Crippen molar-refractivity contribution in [2.24, 2.45) is 0 Å². The second-order valence-electron chi connectivity index (χ2n) is 3.73. The summed E-state index contributed by atoms with van der Waals surface area (Å²) in [6.07, 6.45) is 0. The molecule has 0 saturated carbocycles. The lowest BCUT2D eigenvalue weighted by Gasteiger charge is -2.05. The van der Waals surface area contributed by atoms with E-state index in [2.05, 4.69) is 21.2 Å². The van der Waals surface area contributed by atoms with E-state index < -0.39 is 21.5 Å². The first-order valence-electron chi connectivity index (χ1n) is 5.25. The van der Waals surface area contributed by atoms with Crippen molar-refractivity contribution in [1.82, 2.24) is 5.32 Å². The number of halogens is 1. The second-order valence-corrected chi connectivity index (χ2v) is 6.71. The minimum absolute atomic E-state index is 0.0621. The first-order valence-corrected chi connectivity index (χ1v) is 7.87. The van der Waals surface area contributed by atoms with E-state index in [1.54, 1.807) is 24.3 Å². The fourth-order valence-corrected chi connectivity index (χ4v) is 2.90. The topological polar surface area (TPSA) is 83.5 Å². The molecule has 1 rings (SSSR count). The van der Waals surface area contributed by atoms with Crippen molar-refractivity contribution < 1.29 is 18.3 Å². The van der Waals surface area contributed by atoms with E-state index in [9.17, 15) is 13.2 Å². The zero-order valence-corrected chi connectivity index (χ0v) is 12.0. The average molecular weight is 336 g/mol. The van der Waals surface area contributed by atoms with Gasteiger partial charge in [0.15, 0.2) is 9.84 Å².